The highest BCUT2D eigenvalue weighted by molar-refractivity contribution is 6.32. The van der Waals surface area contributed by atoms with Crippen molar-refractivity contribution in [3.63, 3.8) is 0 Å². The molecule has 0 amide bonds. The van der Waals surface area contributed by atoms with Gasteiger partial charge in [0.25, 0.3) is 0 Å². The number of halogens is 1. The lowest BCUT2D eigenvalue weighted by atomic mass is 10.0. The third-order valence-electron chi connectivity index (χ3n) is 3.48. The van der Waals surface area contributed by atoms with Gasteiger partial charge in [-0.1, -0.05) is 11.6 Å². The summed E-state index contributed by atoms with van der Waals surface area (Å²) < 4.78 is 1.78. The summed E-state index contributed by atoms with van der Waals surface area (Å²) in [7, 11) is 0. The number of imidazole rings is 1. The molecule has 5 nitrogen and oxygen atoms in total. The highest BCUT2D eigenvalue weighted by Crippen LogP contribution is 2.27. The van der Waals surface area contributed by atoms with Gasteiger partial charge in [-0.05, 0) is 29.3 Å². The highest BCUT2D eigenvalue weighted by atomic mass is 35.5. The highest BCUT2D eigenvalue weighted by Gasteiger charge is 2.11. The van der Waals surface area contributed by atoms with Gasteiger partial charge in [-0.25, -0.2) is 16.5 Å². The molecule has 0 saturated carbocycles. The molecule has 0 saturated heterocycles. The van der Waals surface area contributed by atoms with Crippen LogP contribution in [0, 0.1) is 6.57 Å². The van der Waals surface area contributed by atoms with E-state index in [1.54, 1.807) is 29.4 Å². The fraction of sp³-hybridized carbons (Fsp3) is 0.188. The van der Waals surface area contributed by atoms with Crippen LogP contribution in [-0.4, -0.2) is 26.2 Å². The van der Waals surface area contributed by atoms with E-state index in [1.807, 2.05) is 12.1 Å². The molecule has 0 fully saturated rings. The fourth-order valence-electron chi connectivity index (χ4n) is 2.37. The third kappa shape index (κ3) is 2.67. The van der Waals surface area contributed by atoms with E-state index in [1.165, 1.54) is 0 Å². The van der Waals surface area contributed by atoms with Crippen molar-refractivity contribution in [1.29, 1.82) is 0 Å². The van der Waals surface area contributed by atoms with Crippen molar-refractivity contribution in [2.75, 3.05) is 6.54 Å². The maximum atomic E-state index is 9.66. The Kier molecular flexibility index (Phi) is 4.05. The summed E-state index contributed by atoms with van der Waals surface area (Å²) in [5.41, 5.74) is 2.39. The Balaban J connectivity index is 2.17. The van der Waals surface area contributed by atoms with Gasteiger partial charge in [-0.2, -0.15) is 0 Å². The van der Waals surface area contributed by atoms with Crippen LogP contribution in [0.15, 0.2) is 36.9 Å². The lowest BCUT2D eigenvalue weighted by Gasteiger charge is -2.10. The monoisotopic (exact) mass is 312 g/mol. The van der Waals surface area contributed by atoms with Gasteiger partial charge in [0.15, 0.2) is 0 Å². The van der Waals surface area contributed by atoms with Crippen LogP contribution >= 0.6 is 11.6 Å². The lowest BCUT2D eigenvalue weighted by molar-refractivity contribution is 0.283. The van der Waals surface area contributed by atoms with Gasteiger partial charge in [0, 0.05) is 29.2 Å². The largest absolute Gasteiger partial charge is 0.392 e. The summed E-state index contributed by atoms with van der Waals surface area (Å²) in [6.07, 6.45) is 5.71. The van der Waals surface area contributed by atoms with Gasteiger partial charge in [-0.15, -0.1) is 0 Å². The second-order valence-corrected chi connectivity index (χ2v) is 5.27. The summed E-state index contributed by atoms with van der Waals surface area (Å²) in [5, 5.41) is 11.1. The fourth-order valence-corrected chi connectivity index (χ4v) is 2.62. The second kappa shape index (κ2) is 6.14. The van der Waals surface area contributed by atoms with E-state index in [0.717, 1.165) is 16.5 Å². The topological polar surface area (TPSA) is 55.3 Å². The third-order valence-corrected chi connectivity index (χ3v) is 3.83. The molecule has 0 spiro atoms. The Bertz CT molecular complexity index is 853. The first kappa shape index (κ1) is 14.5. The van der Waals surface area contributed by atoms with Crippen molar-refractivity contribution < 1.29 is 5.11 Å². The SMILES string of the molecule is [C-]#[N+]CCc1cc2c(CO)cc(-n3ccnc3)nc2cc1Cl. The van der Waals surface area contributed by atoms with Gasteiger partial charge in [0.1, 0.15) is 12.1 Å². The number of pyridine rings is 1. The standard InChI is InChI=1S/C16H13ClN4O/c1-18-3-2-11-6-13-12(9-22)7-16(21-5-4-19-10-21)20-15(13)8-14(11)17/h4-8,10,22H,2-3,9H2. The average Bonchev–Trinajstić information content (AvgIpc) is 3.06. The zero-order valence-electron chi connectivity index (χ0n) is 11.7. The van der Waals surface area contributed by atoms with E-state index in [-0.39, 0.29) is 6.61 Å². The Morgan fingerprint density at radius 3 is 2.82 bits per heavy atom. The van der Waals surface area contributed by atoms with Gasteiger partial charge in [-0.3, -0.25) is 4.57 Å². The van der Waals surface area contributed by atoms with Gasteiger partial charge in [0.05, 0.1) is 12.1 Å². The molecule has 110 valence electrons. The van der Waals surface area contributed by atoms with Gasteiger partial charge in [0.2, 0.25) is 6.54 Å². The second-order valence-electron chi connectivity index (χ2n) is 4.86. The van der Waals surface area contributed by atoms with Gasteiger partial charge < -0.3 is 9.95 Å². The number of fused-ring (bicyclic) bond motifs is 1. The quantitative estimate of drug-likeness (QED) is 0.753. The summed E-state index contributed by atoms with van der Waals surface area (Å²) in [4.78, 5) is 11.9. The molecule has 22 heavy (non-hydrogen) atoms. The van der Waals surface area contributed by atoms with E-state index in [9.17, 15) is 5.11 Å². The molecule has 0 radical (unpaired) electrons. The number of aromatic nitrogens is 3. The Labute approximate surface area is 132 Å². The van der Waals surface area contributed by atoms with Crippen molar-refractivity contribution in [2.45, 2.75) is 13.0 Å². The molecule has 3 rings (SSSR count). The first-order chi connectivity index (χ1) is 10.7. The molecular weight excluding hydrogens is 300 g/mol. The van der Waals surface area contributed by atoms with Crippen LogP contribution in [0.25, 0.3) is 21.6 Å². The molecule has 0 aliphatic heterocycles. The van der Waals surface area contributed by atoms with Crippen LogP contribution in [0.2, 0.25) is 5.02 Å². The van der Waals surface area contributed by atoms with E-state index in [4.69, 9.17) is 18.2 Å². The van der Waals surface area contributed by atoms with Crippen molar-refractivity contribution in [3.8, 4) is 5.82 Å². The maximum absolute atomic E-state index is 9.66. The molecular formula is C16H13ClN4O. The number of hydrogen-bond acceptors (Lipinski definition) is 3. The Morgan fingerprint density at radius 1 is 1.27 bits per heavy atom. The van der Waals surface area contributed by atoms with E-state index >= 15 is 0 Å². The number of rotatable bonds is 4. The summed E-state index contributed by atoms with van der Waals surface area (Å²) in [6.45, 7) is 7.19. The van der Waals surface area contributed by atoms with Crippen LogP contribution in [0.4, 0.5) is 0 Å². The van der Waals surface area contributed by atoms with Crippen molar-refractivity contribution in [1.82, 2.24) is 14.5 Å². The number of aliphatic hydroxyl groups is 1. The van der Waals surface area contributed by atoms with Crippen LogP contribution in [0.1, 0.15) is 11.1 Å². The number of hydrogen-bond donors (Lipinski definition) is 1. The first-order valence-corrected chi connectivity index (χ1v) is 7.15. The summed E-state index contributed by atoms with van der Waals surface area (Å²) in [6, 6.07) is 5.53. The molecule has 0 bridgehead atoms. The minimum atomic E-state index is -0.0926. The van der Waals surface area contributed by atoms with Crippen molar-refractivity contribution >= 4 is 22.5 Å². The molecule has 0 aliphatic rings. The molecule has 0 aliphatic carbocycles. The van der Waals surface area contributed by atoms with Crippen LogP contribution in [0.5, 0.6) is 0 Å². The molecule has 2 aromatic heterocycles. The van der Waals surface area contributed by atoms with Crippen molar-refractivity contribution in [3.05, 3.63) is 64.5 Å². The zero-order chi connectivity index (χ0) is 15.5. The lowest BCUT2D eigenvalue weighted by Crippen LogP contribution is -2.00. The summed E-state index contributed by atoms with van der Waals surface area (Å²) >= 11 is 6.29. The molecule has 0 unspecified atom stereocenters. The normalized spacial score (nSPS) is 10.8. The smallest absolute Gasteiger partial charge is 0.218 e. The number of aliphatic hydroxyl groups excluding tert-OH is 1. The van der Waals surface area contributed by atoms with Gasteiger partial charge >= 0.3 is 0 Å². The number of benzene rings is 1. The van der Waals surface area contributed by atoms with Crippen LogP contribution < -0.4 is 0 Å². The number of nitrogens with zero attached hydrogens (tertiary/aromatic N) is 4. The molecule has 3 aromatic rings. The minimum absolute atomic E-state index is 0.0926. The zero-order valence-corrected chi connectivity index (χ0v) is 12.5. The molecule has 1 N–H and O–H groups in total. The van der Waals surface area contributed by atoms with E-state index < -0.39 is 0 Å². The molecule has 2 heterocycles. The van der Waals surface area contributed by atoms with Crippen LogP contribution in [0.3, 0.4) is 0 Å². The Morgan fingerprint density at radius 2 is 2.14 bits per heavy atom. The van der Waals surface area contributed by atoms with E-state index in [2.05, 4.69) is 14.8 Å². The molecule has 0 atom stereocenters. The van der Waals surface area contributed by atoms with Crippen molar-refractivity contribution in [2.24, 2.45) is 0 Å². The van der Waals surface area contributed by atoms with Crippen LogP contribution in [-0.2, 0) is 13.0 Å². The molecule has 6 heteroatoms. The predicted molar refractivity (Wildman–Crippen MR) is 85.0 cm³/mol. The first-order valence-electron chi connectivity index (χ1n) is 6.77. The minimum Gasteiger partial charge on any atom is -0.392 e. The average molecular weight is 313 g/mol. The Hall–Kier alpha value is -2.42. The molecule has 1 aromatic carbocycles. The van der Waals surface area contributed by atoms with E-state index in [0.29, 0.717) is 29.3 Å². The summed E-state index contributed by atoms with van der Waals surface area (Å²) in [5.74, 6) is 0.680. The predicted octanol–water partition coefficient (Wildman–Crippen LogP) is 3.03. The maximum Gasteiger partial charge on any atom is 0.218 e.